The monoisotopic (exact) mass is 368 g/mol. The lowest BCUT2D eigenvalue weighted by Crippen LogP contribution is -2.37. The van der Waals surface area contributed by atoms with Gasteiger partial charge in [-0.3, -0.25) is 0 Å². The largest absolute Gasteiger partial charge is 0.329 e. The Morgan fingerprint density at radius 3 is 2.21 bits per heavy atom. The molecule has 4 nitrogen and oxygen atoms in total. The lowest BCUT2D eigenvalue weighted by Gasteiger charge is -2.22. The summed E-state index contributed by atoms with van der Waals surface area (Å²) < 4.78 is 27.2. The Hall–Kier alpha value is -1.40. The molecule has 0 aliphatic rings. The Labute approximate surface area is 151 Å². The molecule has 0 radical (unpaired) electrons. The van der Waals surface area contributed by atoms with Crippen LogP contribution < -0.4 is 5.73 Å². The van der Waals surface area contributed by atoms with E-state index < -0.39 is 10.0 Å². The number of rotatable bonds is 7. The van der Waals surface area contributed by atoms with Crippen LogP contribution in [0.3, 0.4) is 0 Å². The van der Waals surface area contributed by atoms with Gasteiger partial charge in [-0.2, -0.15) is 4.31 Å². The molecule has 2 N–H and O–H groups in total. The van der Waals surface area contributed by atoms with Crippen LogP contribution in [0.5, 0.6) is 0 Å². The molecule has 0 aromatic heterocycles. The van der Waals surface area contributed by atoms with E-state index >= 15 is 0 Å². The summed E-state index contributed by atoms with van der Waals surface area (Å²) in [4.78, 5) is 0.335. The van der Waals surface area contributed by atoms with E-state index in [0.717, 1.165) is 16.7 Å². The van der Waals surface area contributed by atoms with Crippen molar-refractivity contribution in [2.45, 2.75) is 25.2 Å². The minimum atomic E-state index is -3.52. The number of benzene rings is 2. The lowest BCUT2D eigenvalue weighted by atomic mass is 10.1. The molecule has 2 rings (SSSR count). The zero-order chi connectivity index (χ0) is 16.9. The van der Waals surface area contributed by atoms with Gasteiger partial charge in [0.1, 0.15) is 0 Å². The lowest BCUT2D eigenvalue weighted by molar-refractivity contribution is 0.421. The highest BCUT2D eigenvalue weighted by atomic mass is 35.5. The van der Waals surface area contributed by atoms with Crippen molar-refractivity contribution < 1.29 is 8.42 Å². The minimum absolute atomic E-state index is 0. The minimum Gasteiger partial charge on any atom is -0.329 e. The van der Waals surface area contributed by atoms with Crippen molar-refractivity contribution in [2.75, 3.05) is 19.6 Å². The van der Waals surface area contributed by atoms with Gasteiger partial charge in [0.05, 0.1) is 4.90 Å². The molecule has 0 atom stereocenters. The number of hydrogen-bond donors (Lipinski definition) is 1. The van der Waals surface area contributed by atoms with E-state index in [1.54, 1.807) is 12.1 Å². The molecular weight excluding hydrogens is 344 g/mol. The van der Waals surface area contributed by atoms with Crippen LogP contribution >= 0.6 is 12.4 Å². The second kappa shape index (κ2) is 9.18. The molecule has 0 spiro atoms. The van der Waals surface area contributed by atoms with Crippen LogP contribution in [0, 0.1) is 13.8 Å². The van der Waals surface area contributed by atoms with E-state index in [0.29, 0.717) is 31.0 Å². The predicted octanol–water partition coefficient (Wildman–Crippen LogP) is 2.92. The van der Waals surface area contributed by atoms with Gasteiger partial charge in [0, 0.05) is 19.6 Å². The van der Waals surface area contributed by atoms with Crippen LogP contribution in [0.4, 0.5) is 0 Å². The first kappa shape index (κ1) is 20.6. The van der Waals surface area contributed by atoms with Gasteiger partial charge < -0.3 is 5.73 Å². The molecule has 0 fully saturated rings. The average Bonchev–Trinajstić information content (AvgIpc) is 2.54. The number of hydrogen-bond acceptors (Lipinski definition) is 3. The SMILES string of the molecule is Cc1ccc(S(=O)(=O)N(CCN)CCc2ccccc2)cc1C.Cl. The molecule has 0 aliphatic heterocycles. The molecule has 0 bridgehead atoms. The molecule has 0 saturated carbocycles. The van der Waals surface area contributed by atoms with E-state index in [9.17, 15) is 8.42 Å². The van der Waals surface area contributed by atoms with Gasteiger partial charge in [-0.05, 0) is 49.1 Å². The Morgan fingerprint density at radius 1 is 0.958 bits per heavy atom. The summed E-state index contributed by atoms with van der Waals surface area (Å²) in [6.45, 7) is 4.95. The fourth-order valence-corrected chi connectivity index (χ4v) is 3.96. The van der Waals surface area contributed by atoms with Gasteiger partial charge in [0.25, 0.3) is 0 Å². The Kier molecular flexibility index (Phi) is 7.90. The van der Waals surface area contributed by atoms with E-state index in [1.807, 2.05) is 50.2 Å². The van der Waals surface area contributed by atoms with Gasteiger partial charge in [-0.1, -0.05) is 36.4 Å². The van der Waals surface area contributed by atoms with Crippen LogP contribution in [0.2, 0.25) is 0 Å². The molecule has 0 amide bonds. The first-order valence-electron chi connectivity index (χ1n) is 7.76. The van der Waals surface area contributed by atoms with Gasteiger partial charge in [0.2, 0.25) is 10.0 Å². The fraction of sp³-hybridized carbons (Fsp3) is 0.333. The summed E-state index contributed by atoms with van der Waals surface area (Å²) in [5.74, 6) is 0. The number of nitrogens with two attached hydrogens (primary N) is 1. The van der Waals surface area contributed by atoms with Crippen molar-refractivity contribution in [2.24, 2.45) is 5.73 Å². The summed E-state index contributed by atoms with van der Waals surface area (Å²) in [6, 6.07) is 15.1. The van der Waals surface area contributed by atoms with Crippen molar-refractivity contribution in [3.8, 4) is 0 Å². The quantitative estimate of drug-likeness (QED) is 0.817. The Morgan fingerprint density at radius 2 is 1.62 bits per heavy atom. The smallest absolute Gasteiger partial charge is 0.243 e. The first-order valence-corrected chi connectivity index (χ1v) is 9.20. The summed E-state index contributed by atoms with van der Waals surface area (Å²) in [5.41, 5.74) is 8.79. The summed E-state index contributed by atoms with van der Waals surface area (Å²) in [5, 5.41) is 0. The number of sulfonamides is 1. The molecule has 24 heavy (non-hydrogen) atoms. The van der Waals surface area contributed by atoms with E-state index in [1.165, 1.54) is 4.31 Å². The fourth-order valence-electron chi connectivity index (χ4n) is 2.42. The molecule has 6 heteroatoms. The molecule has 0 unspecified atom stereocenters. The molecule has 0 heterocycles. The topological polar surface area (TPSA) is 63.4 Å². The van der Waals surface area contributed by atoms with Crippen LogP contribution in [0.15, 0.2) is 53.4 Å². The number of halogens is 1. The highest BCUT2D eigenvalue weighted by Crippen LogP contribution is 2.19. The van der Waals surface area contributed by atoms with E-state index in [-0.39, 0.29) is 12.4 Å². The molecule has 2 aromatic carbocycles. The standard InChI is InChI=1S/C18H24N2O2S.ClH/c1-15-8-9-18(14-16(15)2)23(21,22)20(13-11-19)12-10-17-6-4-3-5-7-17;/h3-9,14H,10-13,19H2,1-2H3;1H. The second-order valence-corrected chi connectivity index (χ2v) is 7.61. The van der Waals surface area contributed by atoms with Gasteiger partial charge >= 0.3 is 0 Å². The zero-order valence-electron chi connectivity index (χ0n) is 14.1. The van der Waals surface area contributed by atoms with Crippen molar-refractivity contribution in [3.05, 3.63) is 65.2 Å². The summed E-state index contributed by atoms with van der Waals surface area (Å²) >= 11 is 0. The average molecular weight is 369 g/mol. The van der Waals surface area contributed by atoms with Gasteiger partial charge in [0.15, 0.2) is 0 Å². The molecule has 2 aromatic rings. The summed E-state index contributed by atoms with van der Waals surface area (Å²) in [7, 11) is -3.52. The number of aryl methyl sites for hydroxylation is 2. The first-order chi connectivity index (χ1) is 10.9. The van der Waals surface area contributed by atoms with Crippen LogP contribution in [-0.4, -0.2) is 32.4 Å². The van der Waals surface area contributed by atoms with Gasteiger partial charge in [-0.15, -0.1) is 12.4 Å². The maximum Gasteiger partial charge on any atom is 0.243 e. The van der Waals surface area contributed by atoms with Crippen LogP contribution in [0.1, 0.15) is 16.7 Å². The van der Waals surface area contributed by atoms with E-state index in [4.69, 9.17) is 5.73 Å². The third-order valence-electron chi connectivity index (χ3n) is 3.99. The van der Waals surface area contributed by atoms with Crippen molar-refractivity contribution in [1.29, 1.82) is 0 Å². The summed E-state index contributed by atoms with van der Waals surface area (Å²) in [6.07, 6.45) is 0.672. The Bertz CT molecular complexity index is 749. The second-order valence-electron chi connectivity index (χ2n) is 5.67. The van der Waals surface area contributed by atoms with Crippen LogP contribution in [0.25, 0.3) is 0 Å². The molecule has 0 aliphatic carbocycles. The third-order valence-corrected chi connectivity index (χ3v) is 5.88. The maximum atomic E-state index is 12.9. The number of nitrogens with zero attached hydrogens (tertiary/aromatic N) is 1. The Balaban J connectivity index is 0.00000288. The normalized spacial score (nSPS) is 11.3. The molecule has 132 valence electrons. The van der Waals surface area contributed by atoms with Gasteiger partial charge in [-0.25, -0.2) is 8.42 Å². The highest BCUT2D eigenvalue weighted by Gasteiger charge is 2.23. The van der Waals surface area contributed by atoms with Crippen molar-refractivity contribution >= 4 is 22.4 Å². The maximum absolute atomic E-state index is 12.9. The predicted molar refractivity (Wildman–Crippen MR) is 101 cm³/mol. The van der Waals surface area contributed by atoms with Crippen molar-refractivity contribution in [1.82, 2.24) is 4.31 Å². The molecule has 0 saturated heterocycles. The van der Waals surface area contributed by atoms with E-state index in [2.05, 4.69) is 0 Å². The van der Waals surface area contributed by atoms with Crippen LogP contribution in [-0.2, 0) is 16.4 Å². The molecular formula is C18H25ClN2O2S. The third kappa shape index (κ3) is 5.05. The van der Waals surface area contributed by atoms with Crippen molar-refractivity contribution in [3.63, 3.8) is 0 Å². The zero-order valence-corrected chi connectivity index (χ0v) is 15.7. The highest BCUT2D eigenvalue weighted by molar-refractivity contribution is 7.89.